The van der Waals surface area contributed by atoms with Gasteiger partial charge in [0, 0.05) is 89.7 Å². The summed E-state index contributed by atoms with van der Waals surface area (Å²) in [6.45, 7) is 0. The molecule has 0 unspecified atom stereocenters. The van der Waals surface area contributed by atoms with Gasteiger partial charge >= 0.3 is 0 Å². The number of benzene rings is 10. The van der Waals surface area contributed by atoms with Gasteiger partial charge in [0.1, 0.15) is 11.2 Å². The second-order valence-corrected chi connectivity index (χ2v) is 19.3. The molecule has 5 aromatic heterocycles. The molecule has 0 radical (unpaired) electrons. The lowest BCUT2D eigenvalue weighted by Gasteiger charge is -2.14. The van der Waals surface area contributed by atoms with Crippen molar-refractivity contribution in [3.63, 3.8) is 0 Å². The Kier molecular flexibility index (Phi) is 7.47. The number of aromatic nitrogens is 4. The predicted molar refractivity (Wildman–Crippen MR) is 279 cm³/mol. The van der Waals surface area contributed by atoms with Gasteiger partial charge in [-0.25, -0.2) is 15.0 Å². The largest absolute Gasteiger partial charge is 0.456 e. The Morgan fingerprint density at radius 3 is 1.79 bits per heavy atom. The Morgan fingerprint density at radius 2 is 0.955 bits per heavy atom. The van der Waals surface area contributed by atoms with Crippen molar-refractivity contribution in [2.24, 2.45) is 0 Å². The molecule has 0 saturated carbocycles. The van der Waals surface area contributed by atoms with E-state index in [-0.39, 0.29) is 0 Å². The highest BCUT2D eigenvalue weighted by molar-refractivity contribution is 7.26. The summed E-state index contributed by atoms with van der Waals surface area (Å²) < 4.78 is 13.7. The zero-order valence-electron chi connectivity index (χ0n) is 35.0. The lowest BCUT2D eigenvalue weighted by molar-refractivity contribution is 0.669. The molecule has 0 bridgehead atoms. The van der Waals surface area contributed by atoms with Crippen LogP contribution in [0.1, 0.15) is 0 Å². The van der Waals surface area contributed by atoms with Gasteiger partial charge in [-0.05, 0) is 76.8 Å². The van der Waals surface area contributed by atoms with Crippen molar-refractivity contribution in [1.82, 2.24) is 19.5 Å². The van der Waals surface area contributed by atoms with Crippen LogP contribution in [0, 0.1) is 0 Å². The monoisotopic (exact) mass is 876 g/mol. The van der Waals surface area contributed by atoms with Crippen LogP contribution in [0.3, 0.4) is 0 Å². The van der Waals surface area contributed by atoms with Crippen LogP contribution in [-0.2, 0) is 0 Å². The van der Waals surface area contributed by atoms with E-state index >= 15 is 0 Å². The van der Waals surface area contributed by atoms with Gasteiger partial charge in [0.25, 0.3) is 0 Å². The molecule has 0 saturated heterocycles. The third kappa shape index (κ3) is 5.29. The minimum Gasteiger partial charge on any atom is -0.456 e. The van der Waals surface area contributed by atoms with Crippen LogP contribution in [0.5, 0.6) is 0 Å². The lowest BCUT2D eigenvalue weighted by atomic mass is 10.0. The standard InChI is InChI=1S/C59H32N4OS2/c1-2-13-35-28-48-46(27-34(35)12-1)44-26-21-33-11-3-4-14-39(33)56(44)63(48)38-31-47(55-45-17-7-10-20-52(45)66-54(55)32-38)59-61-57(36-22-24-41-40-15-5-8-18-49(40)64-50(41)29-36)60-58(62-59)37-23-25-43-42-16-6-9-19-51(42)65-53(43)30-37/h1-32H. The summed E-state index contributed by atoms with van der Waals surface area (Å²) in [7, 11) is 0. The minimum absolute atomic E-state index is 0.584. The minimum atomic E-state index is 0.584. The number of hydrogen-bond acceptors (Lipinski definition) is 6. The molecule has 0 aliphatic carbocycles. The van der Waals surface area contributed by atoms with E-state index in [0.717, 1.165) is 55.2 Å². The third-order valence-electron chi connectivity index (χ3n) is 13.4. The molecule has 0 atom stereocenters. The Morgan fingerprint density at radius 1 is 0.364 bits per heavy atom. The Labute approximate surface area is 384 Å². The second-order valence-electron chi connectivity index (χ2n) is 17.1. The molecule has 0 spiro atoms. The molecular weight excluding hydrogens is 845 g/mol. The maximum Gasteiger partial charge on any atom is 0.164 e. The fourth-order valence-electron chi connectivity index (χ4n) is 10.4. The first-order valence-electron chi connectivity index (χ1n) is 22.1. The first kappa shape index (κ1) is 36.1. The first-order chi connectivity index (χ1) is 32.7. The molecule has 15 aromatic rings. The highest BCUT2D eigenvalue weighted by atomic mass is 32.1. The average Bonchev–Trinajstić information content (AvgIpc) is 4.13. The number of para-hydroxylation sites is 1. The van der Waals surface area contributed by atoms with E-state index < -0.39 is 0 Å². The van der Waals surface area contributed by atoms with Gasteiger partial charge in [-0.15, -0.1) is 22.7 Å². The summed E-state index contributed by atoms with van der Waals surface area (Å²) in [5.41, 5.74) is 7.78. The van der Waals surface area contributed by atoms with Crippen molar-refractivity contribution in [3.05, 3.63) is 194 Å². The van der Waals surface area contributed by atoms with E-state index in [4.69, 9.17) is 19.4 Å². The van der Waals surface area contributed by atoms with Crippen LogP contribution < -0.4 is 0 Å². The highest BCUT2D eigenvalue weighted by Crippen LogP contribution is 2.45. The van der Waals surface area contributed by atoms with Crippen molar-refractivity contribution in [3.8, 4) is 39.9 Å². The SMILES string of the molecule is c1ccc2cc3c(cc2c1)c1ccc2ccccc2c1n3-c1cc(-c2nc(-c3ccc4c(c3)oc3ccccc34)nc(-c3ccc4c(c3)sc3ccccc34)n2)c2c(c1)sc1ccccc12. The molecule has 0 aliphatic rings. The fourth-order valence-corrected chi connectivity index (χ4v) is 12.7. The van der Waals surface area contributed by atoms with E-state index in [0.29, 0.717) is 17.5 Å². The molecule has 0 fully saturated rings. The van der Waals surface area contributed by atoms with Crippen molar-refractivity contribution in [2.45, 2.75) is 0 Å². The van der Waals surface area contributed by atoms with Gasteiger partial charge in [-0.2, -0.15) is 0 Å². The summed E-state index contributed by atoms with van der Waals surface area (Å²) in [5.74, 6) is 1.82. The summed E-state index contributed by atoms with van der Waals surface area (Å²) in [5, 5.41) is 14.2. The molecular formula is C59H32N4OS2. The third-order valence-corrected chi connectivity index (χ3v) is 15.6. The summed E-state index contributed by atoms with van der Waals surface area (Å²) in [6, 6.07) is 69.8. The summed E-state index contributed by atoms with van der Waals surface area (Å²) in [6.07, 6.45) is 0. The van der Waals surface area contributed by atoms with Crippen molar-refractivity contribution >= 4 is 128 Å². The van der Waals surface area contributed by atoms with Crippen LogP contribution in [0.25, 0.3) is 145 Å². The second kappa shape index (κ2) is 13.6. The molecule has 0 N–H and O–H groups in total. The molecule has 7 heteroatoms. The maximum absolute atomic E-state index is 6.43. The number of nitrogens with zero attached hydrogens (tertiary/aromatic N) is 4. The molecule has 306 valence electrons. The first-order valence-corrected chi connectivity index (χ1v) is 23.7. The van der Waals surface area contributed by atoms with Gasteiger partial charge < -0.3 is 8.98 Å². The fraction of sp³-hybridized carbons (Fsp3) is 0. The number of thiophene rings is 2. The predicted octanol–water partition coefficient (Wildman–Crippen LogP) is 16.9. The zero-order chi connectivity index (χ0) is 43.0. The van der Waals surface area contributed by atoms with Gasteiger partial charge in [-0.1, -0.05) is 133 Å². The van der Waals surface area contributed by atoms with E-state index in [2.05, 4.69) is 187 Å². The Bertz CT molecular complexity index is 4420. The summed E-state index contributed by atoms with van der Waals surface area (Å²) in [4.78, 5) is 16.3. The molecule has 15 rings (SSSR count). The average molecular weight is 877 g/mol. The van der Waals surface area contributed by atoms with Crippen LogP contribution in [0.2, 0.25) is 0 Å². The van der Waals surface area contributed by atoms with Crippen molar-refractivity contribution in [2.75, 3.05) is 0 Å². The number of rotatable bonds is 4. The Hall–Kier alpha value is -8.23. The number of furan rings is 1. The van der Waals surface area contributed by atoms with E-state index in [1.165, 1.54) is 72.8 Å². The van der Waals surface area contributed by atoms with Gasteiger partial charge in [-0.3, -0.25) is 0 Å². The van der Waals surface area contributed by atoms with Crippen LogP contribution in [-0.4, -0.2) is 19.5 Å². The molecule has 66 heavy (non-hydrogen) atoms. The van der Waals surface area contributed by atoms with Crippen molar-refractivity contribution in [1.29, 1.82) is 0 Å². The van der Waals surface area contributed by atoms with Gasteiger partial charge in [0.05, 0.1) is 11.0 Å². The quantitative estimate of drug-likeness (QED) is 0.177. The smallest absolute Gasteiger partial charge is 0.164 e. The van der Waals surface area contributed by atoms with E-state index in [9.17, 15) is 0 Å². The Balaban J connectivity index is 1.04. The normalized spacial score (nSPS) is 12.2. The lowest BCUT2D eigenvalue weighted by Crippen LogP contribution is -2.02. The zero-order valence-corrected chi connectivity index (χ0v) is 36.6. The van der Waals surface area contributed by atoms with Gasteiger partial charge in [0.15, 0.2) is 17.5 Å². The van der Waals surface area contributed by atoms with E-state index in [1.807, 2.05) is 23.5 Å². The number of hydrogen-bond donors (Lipinski definition) is 0. The molecule has 10 aromatic carbocycles. The van der Waals surface area contributed by atoms with Crippen LogP contribution in [0.15, 0.2) is 199 Å². The van der Waals surface area contributed by atoms with Gasteiger partial charge in [0.2, 0.25) is 0 Å². The highest BCUT2D eigenvalue weighted by Gasteiger charge is 2.23. The van der Waals surface area contributed by atoms with Crippen LogP contribution in [0.4, 0.5) is 0 Å². The molecule has 5 nitrogen and oxygen atoms in total. The topological polar surface area (TPSA) is 56.7 Å². The number of fused-ring (bicyclic) bond motifs is 15. The van der Waals surface area contributed by atoms with E-state index in [1.54, 1.807) is 11.3 Å². The van der Waals surface area contributed by atoms with Crippen LogP contribution >= 0.6 is 22.7 Å². The molecule has 5 heterocycles. The molecule has 0 amide bonds. The maximum atomic E-state index is 6.43. The van der Waals surface area contributed by atoms with Crippen molar-refractivity contribution < 1.29 is 4.42 Å². The summed E-state index contributed by atoms with van der Waals surface area (Å²) >= 11 is 3.61. The molecule has 0 aliphatic heterocycles.